The number of hydrogen-bond donors (Lipinski definition) is 3. The predicted molar refractivity (Wildman–Crippen MR) is 169 cm³/mol. The number of likely N-dealkylation sites (N-methyl/N-ethyl adjacent to an activating group) is 1. The lowest BCUT2D eigenvalue weighted by molar-refractivity contribution is -0.182. The van der Waals surface area contributed by atoms with Crippen molar-refractivity contribution in [3.05, 3.63) is 59.7 Å². The first-order valence-corrected chi connectivity index (χ1v) is 16.1. The third kappa shape index (κ3) is 7.48. The summed E-state index contributed by atoms with van der Waals surface area (Å²) >= 11 is 0. The zero-order chi connectivity index (χ0) is 30.7. The molecule has 8 heteroatoms. The predicted octanol–water partition coefficient (Wildman–Crippen LogP) is 4.62. The number of rotatable bonds is 9. The first-order valence-electron chi connectivity index (χ1n) is 16.1. The molecule has 2 aliphatic heterocycles. The maximum atomic E-state index is 13.8. The number of carbonyl (C=O) groups is 2. The molecule has 6 atom stereocenters. The Bertz CT molecular complexity index is 1260. The van der Waals surface area contributed by atoms with E-state index in [0.717, 1.165) is 61.9 Å². The highest BCUT2D eigenvalue weighted by atomic mass is 16.7. The van der Waals surface area contributed by atoms with E-state index in [9.17, 15) is 14.7 Å². The van der Waals surface area contributed by atoms with Crippen molar-refractivity contribution in [3.8, 4) is 11.1 Å². The van der Waals surface area contributed by atoms with Crippen molar-refractivity contribution in [2.75, 3.05) is 26.7 Å². The van der Waals surface area contributed by atoms with Crippen LogP contribution in [0.4, 0.5) is 0 Å². The molecular weight excluding hydrogens is 540 g/mol. The Morgan fingerprint density at radius 2 is 1.84 bits per heavy atom. The van der Waals surface area contributed by atoms with Crippen LogP contribution in [-0.4, -0.2) is 77.9 Å². The summed E-state index contributed by atoms with van der Waals surface area (Å²) in [5.41, 5.74) is 4.03. The standard InChI is InChI=1S/C35H50N4O4/c1-6-29-31(22-40)43-39(32(29)34(42)37-30-14-16-35(3,4)19-23(30)2)20-24-8-7-9-27(18-24)25-10-12-26(13-11-25)33(41)36-28-15-17-38(5)21-28/h7-13,18,23,28-32,40H,6,14-17,19-22H2,1-5H3,(H,36,41)(H,37,42)/t23?,28?,29?,30-,31?,32?/m0/s1. The normalized spacial score (nSPS) is 29.4. The average molecular weight is 591 g/mol. The average Bonchev–Trinajstić information content (AvgIpc) is 3.56. The van der Waals surface area contributed by atoms with Crippen LogP contribution < -0.4 is 10.6 Å². The highest BCUT2D eigenvalue weighted by Gasteiger charge is 2.47. The molecule has 0 radical (unpaired) electrons. The highest BCUT2D eigenvalue weighted by molar-refractivity contribution is 5.95. The van der Waals surface area contributed by atoms with E-state index < -0.39 is 12.1 Å². The van der Waals surface area contributed by atoms with Gasteiger partial charge in [-0.3, -0.25) is 14.4 Å². The minimum Gasteiger partial charge on any atom is -0.394 e. The van der Waals surface area contributed by atoms with Crippen LogP contribution in [0.5, 0.6) is 0 Å². The molecule has 0 aromatic heterocycles. The number of nitrogens with zero attached hydrogens (tertiary/aromatic N) is 2. The summed E-state index contributed by atoms with van der Waals surface area (Å²) in [6.45, 7) is 11.1. The van der Waals surface area contributed by atoms with E-state index in [4.69, 9.17) is 4.84 Å². The van der Waals surface area contributed by atoms with Crippen molar-refractivity contribution < 1.29 is 19.5 Å². The fraction of sp³-hybridized carbons (Fsp3) is 0.600. The van der Waals surface area contributed by atoms with Gasteiger partial charge in [-0.2, -0.15) is 5.06 Å². The van der Waals surface area contributed by atoms with Gasteiger partial charge in [0, 0.05) is 30.1 Å². The summed E-state index contributed by atoms with van der Waals surface area (Å²) in [5.74, 6) is 0.280. The number of hydrogen-bond acceptors (Lipinski definition) is 6. The number of benzene rings is 2. The van der Waals surface area contributed by atoms with E-state index in [2.05, 4.69) is 62.4 Å². The summed E-state index contributed by atoms with van der Waals surface area (Å²) in [7, 11) is 2.07. The molecule has 2 amide bonds. The SMILES string of the molecule is CCC1C(CO)ON(Cc2cccc(-c3ccc(C(=O)NC4CCN(C)C4)cc3)c2)C1C(=O)N[C@H]1CCC(C)(C)CC1C. The number of nitrogens with one attached hydrogen (secondary N) is 2. The van der Waals surface area contributed by atoms with Crippen LogP contribution in [0.2, 0.25) is 0 Å². The summed E-state index contributed by atoms with van der Waals surface area (Å²) in [6, 6.07) is 15.8. The molecule has 0 spiro atoms. The number of aliphatic hydroxyl groups excluding tert-OH is 1. The molecule has 5 unspecified atom stereocenters. The minimum absolute atomic E-state index is 0.00590. The zero-order valence-corrected chi connectivity index (χ0v) is 26.5. The van der Waals surface area contributed by atoms with E-state index in [1.54, 1.807) is 5.06 Å². The van der Waals surface area contributed by atoms with E-state index in [0.29, 0.717) is 23.4 Å². The van der Waals surface area contributed by atoms with Gasteiger partial charge in [-0.1, -0.05) is 58.0 Å². The molecule has 3 aliphatic rings. The molecular formula is C35H50N4O4. The van der Waals surface area contributed by atoms with Crippen molar-refractivity contribution >= 4 is 11.8 Å². The molecule has 2 aromatic carbocycles. The Hall–Kier alpha value is -2.78. The number of aliphatic hydroxyl groups is 1. The van der Waals surface area contributed by atoms with Gasteiger partial charge in [0.2, 0.25) is 5.91 Å². The molecule has 8 nitrogen and oxygen atoms in total. The first-order chi connectivity index (χ1) is 20.6. The van der Waals surface area contributed by atoms with Crippen LogP contribution in [-0.2, 0) is 16.2 Å². The third-order valence-electron chi connectivity index (χ3n) is 9.88. The molecule has 1 saturated carbocycles. The van der Waals surface area contributed by atoms with Crippen LogP contribution >= 0.6 is 0 Å². The number of carbonyl (C=O) groups excluding carboxylic acids is 2. The fourth-order valence-corrected chi connectivity index (χ4v) is 7.44. The van der Waals surface area contributed by atoms with Crippen molar-refractivity contribution in [2.45, 2.75) is 90.6 Å². The second kappa shape index (κ2) is 13.5. The lowest BCUT2D eigenvalue weighted by atomic mass is 9.70. The maximum Gasteiger partial charge on any atom is 0.251 e. The summed E-state index contributed by atoms with van der Waals surface area (Å²) in [5, 5.41) is 18.4. The third-order valence-corrected chi connectivity index (χ3v) is 9.88. The van der Waals surface area contributed by atoms with Gasteiger partial charge in [-0.15, -0.1) is 0 Å². The molecule has 2 saturated heterocycles. The summed E-state index contributed by atoms with van der Waals surface area (Å²) < 4.78 is 0. The van der Waals surface area contributed by atoms with Crippen LogP contribution in [0, 0.1) is 17.3 Å². The van der Waals surface area contributed by atoms with E-state index in [1.807, 2.05) is 36.4 Å². The minimum atomic E-state index is -0.467. The van der Waals surface area contributed by atoms with Crippen molar-refractivity contribution in [1.29, 1.82) is 0 Å². The van der Waals surface area contributed by atoms with Gasteiger partial charge in [0.05, 0.1) is 13.2 Å². The van der Waals surface area contributed by atoms with Crippen LogP contribution in [0.15, 0.2) is 48.5 Å². The zero-order valence-electron chi connectivity index (χ0n) is 26.5. The van der Waals surface area contributed by atoms with Crippen LogP contribution in [0.25, 0.3) is 11.1 Å². The van der Waals surface area contributed by atoms with Gasteiger partial charge in [-0.25, -0.2) is 0 Å². The Labute approximate surface area is 257 Å². The number of likely N-dealkylation sites (tertiary alicyclic amines) is 1. The van der Waals surface area contributed by atoms with Gasteiger partial charge >= 0.3 is 0 Å². The molecule has 2 aromatic rings. The van der Waals surface area contributed by atoms with E-state index >= 15 is 0 Å². The monoisotopic (exact) mass is 590 g/mol. The van der Waals surface area contributed by atoms with Gasteiger partial charge in [-0.05, 0) is 91.9 Å². The van der Waals surface area contributed by atoms with Gasteiger partial charge < -0.3 is 20.6 Å². The number of amides is 2. The smallest absolute Gasteiger partial charge is 0.251 e. The first kappa shape index (κ1) is 31.6. The Morgan fingerprint density at radius 1 is 1.07 bits per heavy atom. The second-order valence-electron chi connectivity index (χ2n) is 13.9. The van der Waals surface area contributed by atoms with E-state index in [1.165, 1.54) is 0 Å². The van der Waals surface area contributed by atoms with Crippen LogP contribution in [0.1, 0.15) is 75.7 Å². The maximum absolute atomic E-state index is 13.8. The highest BCUT2D eigenvalue weighted by Crippen LogP contribution is 2.39. The van der Waals surface area contributed by atoms with Gasteiger partial charge in [0.25, 0.3) is 5.91 Å². The number of hydroxylamine groups is 2. The second-order valence-corrected chi connectivity index (χ2v) is 13.9. The summed E-state index contributed by atoms with van der Waals surface area (Å²) in [4.78, 5) is 35.0. The largest absolute Gasteiger partial charge is 0.394 e. The Balaban J connectivity index is 1.27. The fourth-order valence-electron chi connectivity index (χ4n) is 7.44. The topological polar surface area (TPSA) is 94.1 Å². The summed E-state index contributed by atoms with van der Waals surface area (Å²) in [6.07, 6.45) is 4.48. The van der Waals surface area contributed by atoms with Gasteiger partial charge in [0.15, 0.2) is 0 Å². The van der Waals surface area contributed by atoms with Crippen molar-refractivity contribution in [3.63, 3.8) is 0 Å². The molecule has 1 aliphatic carbocycles. The molecule has 234 valence electrons. The van der Waals surface area contributed by atoms with Crippen LogP contribution in [0.3, 0.4) is 0 Å². The quantitative estimate of drug-likeness (QED) is 0.395. The van der Waals surface area contributed by atoms with Crippen molar-refractivity contribution in [2.24, 2.45) is 17.3 Å². The molecule has 3 N–H and O–H groups in total. The van der Waals surface area contributed by atoms with Crippen molar-refractivity contribution in [1.82, 2.24) is 20.6 Å². The Morgan fingerprint density at radius 3 is 2.49 bits per heavy atom. The molecule has 3 fully saturated rings. The molecule has 43 heavy (non-hydrogen) atoms. The van der Waals surface area contributed by atoms with Gasteiger partial charge in [0.1, 0.15) is 12.1 Å². The molecule has 5 rings (SSSR count). The molecule has 0 bridgehead atoms. The Kier molecular flexibility index (Phi) is 9.91. The lowest BCUT2D eigenvalue weighted by Crippen LogP contribution is -2.52. The lowest BCUT2D eigenvalue weighted by Gasteiger charge is -2.40. The molecule has 2 heterocycles. The van der Waals surface area contributed by atoms with E-state index in [-0.39, 0.29) is 36.4 Å².